The fourth-order valence-corrected chi connectivity index (χ4v) is 4.41. The molecule has 0 radical (unpaired) electrons. The van der Waals surface area contributed by atoms with Crippen LogP contribution in [-0.4, -0.2) is 48.8 Å². The Morgan fingerprint density at radius 2 is 1.70 bits per heavy atom. The number of hydrogen-bond donors (Lipinski definition) is 2. The fourth-order valence-electron chi connectivity index (χ4n) is 4.41. The van der Waals surface area contributed by atoms with Gasteiger partial charge >= 0.3 is 0 Å². The number of aliphatic hydroxyl groups excluding tert-OH is 1. The Bertz CT molecular complexity index is 313. The fraction of sp³-hybridized carbons (Fsp3) is 1.00. The first kappa shape index (κ1) is 14.8. The van der Waals surface area contributed by atoms with Crippen LogP contribution in [0.4, 0.5) is 0 Å². The number of rotatable bonds is 5. The summed E-state index contributed by atoms with van der Waals surface area (Å²) in [5.74, 6) is 0.923. The Morgan fingerprint density at radius 1 is 1.05 bits per heavy atom. The number of nitrogens with zero attached hydrogens (tertiary/aromatic N) is 1. The van der Waals surface area contributed by atoms with Crippen LogP contribution in [0.2, 0.25) is 0 Å². The van der Waals surface area contributed by atoms with Crippen LogP contribution in [0.5, 0.6) is 0 Å². The lowest BCUT2D eigenvalue weighted by atomic mass is 9.63. The maximum Gasteiger partial charge on any atom is 0.0613 e. The molecule has 0 aromatic carbocycles. The van der Waals surface area contributed by atoms with Crippen molar-refractivity contribution in [3.63, 3.8) is 0 Å². The highest BCUT2D eigenvalue weighted by Gasteiger charge is 2.46. The number of hydrogen-bond acceptors (Lipinski definition) is 3. The van der Waals surface area contributed by atoms with Crippen molar-refractivity contribution >= 4 is 0 Å². The molecule has 3 aliphatic rings. The Balaban J connectivity index is 1.66. The maximum absolute atomic E-state index is 9.55. The molecule has 3 rings (SSSR count). The molecule has 3 heteroatoms. The standard InChI is InChI=1S/C17H32N2O/c1-19-11-9-16(10-12-19,15-5-3-2-4-6-15)13-18-17(14-20)7-8-17/h15,18,20H,2-14H2,1H3. The molecule has 2 saturated carbocycles. The van der Waals surface area contributed by atoms with Gasteiger partial charge in [0.15, 0.2) is 0 Å². The summed E-state index contributed by atoms with van der Waals surface area (Å²) in [6.45, 7) is 3.98. The average molecular weight is 280 g/mol. The molecule has 2 N–H and O–H groups in total. The van der Waals surface area contributed by atoms with E-state index in [0.717, 1.165) is 12.5 Å². The third-order valence-corrected chi connectivity index (χ3v) is 6.43. The van der Waals surface area contributed by atoms with Crippen molar-refractivity contribution in [3.05, 3.63) is 0 Å². The second kappa shape index (κ2) is 5.94. The van der Waals surface area contributed by atoms with E-state index in [1.54, 1.807) is 0 Å². The van der Waals surface area contributed by atoms with Crippen LogP contribution in [0.15, 0.2) is 0 Å². The summed E-state index contributed by atoms with van der Waals surface area (Å²) in [4.78, 5) is 2.49. The highest BCUT2D eigenvalue weighted by atomic mass is 16.3. The summed E-state index contributed by atoms with van der Waals surface area (Å²) in [5.41, 5.74) is 0.614. The molecule has 0 aromatic rings. The summed E-state index contributed by atoms with van der Waals surface area (Å²) in [6, 6.07) is 0. The van der Waals surface area contributed by atoms with Gasteiger partial charge in [0.05, 0.1) is 6.61 Å². The van der Waals surface area contributed by atoms with Gasteiger partial charge in [-0.15, -0.1) is 0 Å². The zero-order valence-electron chi connectivity index (χ0n) is 13.2. The summed E-state index contributed by atoms with van der Waals surface area (Å²) >= 11 is 0. The molecule has 0 atom stereocenters. The van der Waals surface area contributed by atoms with E-state index in [1.165, 1.54) is 70.9 Å². The maximum atomic E-state index is 9.55. The Kier molecular flexibility index (Phi) is 4.40. The van der Waals surface area contributed by atoms with Gasteiger partial charge < -0.3 is 15.3 Å². The van der Waals surface area contributed by atoms with E-state index < -0.39 is 0 Å². The van der Waals surface area contributed by atoms with Crippen LogP contribution in [-0.2, 0) is 0 Å². The first-order valence-electron chi connectivity index (χ1n) is 8.73. The van der Waals surface area contributed by atoms with Crippen LogP contribution < -0.4 is 5.32 Å². The molecule has 1 saturated heterocycles. The number of piperidine rings is 1. The molecule has 3 fully saturated rings. The third-order valence-electron chi connectivity index (χ3n) is 6.43. The van der Waals surface area contributed by atoms with Crippen molar-refractivity contribution in [2.75, 3.05) is 33.3 Å². The van der Waals surface area contributed by atoms with Crippen LogP contribution in [0.1, 0.15) is 57.8 Å². The van der Waals surface area contributed by atoms with Gasteiger partial charge in [-0.25, -0.2) is 0 Å². The molecule has 3 nitrogen and oxygen atoms in total. The zero-order valence-corrected chi connectivity index (χ0v) is 13.2. The summed E-state index contributed by atoms with van der Waals surface area (Å²) in [5, 5.41) is 13.3. The lowest BCUT2D eigenvalue weighted by Gasteiger charge is -2.48. The number of aliphatic hydroxyl groups is 1. The minimum atomic E-state index is 0.102. The Morgan fingerprint density at radius 3 is 2.25 bits per heavy atom. The van der Waals surface area contributed by atoms with E-state index in [-0.39, 0.29) is 5.54 Å². The first-order chi connectivity index (χ1) is 9.68. The average Bonchev–Trinajstić information content (AvgIpc) is 3.29. The molecule has 116 valence electrons. The lowest BCUT2D eigenvalue weighted by molar-refractivity contribution is 0.0319. The van der Waals surface area contributed by atoms with Crippen LogP contribution in [0.3, 0.4) is 0 Å². The van der Waals surface area contributed by atoms with Gasteiger partial charge in [-0.1, -0.05) is 19.3 Å². The van der Waals surface area contributed by atoms with Crippen molar-refractivity contribution in [3.8, 4) is 0 Å². The minimum Gasteiger partial charge on any atom is -0.394 e. The predicted octanol–water partition coefficient (Wildman–Crippen LogP) is 2.39. The third kappa shape index (κ3) is 3.05. The van der Waals surface area contributed by atoms with Gasteiger partial charge in [0.1, 0.15) is 0 Å². The molecule has 0 spiro atoms. The van der Waals surface area contributed by atoms with Crippen LogP contribution in [0.25, 0.3) is 0 Å². The van der Waals surface area contributed by atoms with Crippen LogP contribution in [0, 0.1) is 11.3 Å². The largest absolute Gasteiger partial charge is 0.394 e. The summed E-state index contributed by atoms with van der Waals surface area (Å²) in [6.07, 6.45) is 12.2. The van der Waals surface area contributed by atoms with Crippen molar-refractivity contribution in [1.82, 2.24) is 10.2 Å². The molecule has 2 aliphatic carbocycles. The lowest BCUT2D eigenvalue weighted by Crippen LogP contribution is -2.51. The highest BCUT2D eigenvalue weighted by molar-refractivity contribution is 5.04. The molecule has 0 aromatic heterocycles. The minimum absolute atomic E-state index is 0.102. The van der Waals surface area contributed by atoms with Gasteiger partial charge in [-0.05, 0) is 70.0 Å². The molecule has 0 bridgehead atoms. The second-order valence-corrected chi connectivity index (χ2v) is 7.79. The van der Waals surface area contributed by atoms with Crippen molar-refractivity contribution in [2.24, 2.45) is 11.3 Å². The molecular formula is C17H32N2O. The SMILES string of the molecule is CN1CCC(CNC2(CO)CC2)(C2CCCCC2)CC1. The second-order valence-electron chi connectivity index (χ2n) is 7.79. The topological polar surface area (TPSA) is 35.5 Å². The summed E-state index contributed by atoms with van der Waals surface area (Å²) < 4.78 is 0. The Hall–Kier alpha value is -0.120. The van der Waals surface area contributed by atoms with Gasteiger partial charge in [0.2, 0.25) is 0 Å². The van der Waals surface area contributed by atoms with Crippen LogP contribution >= 0.6 is 0 Å². The van der Waals surface area contributed by atoms with E-state index in [4.69, 9.17) is 0 Å². The van der Waals surface area contributed by atoms with E-state index in [0.29, 0.717) is 12.0 Å². The predicted molar refractivity (Wildman–Crippen MR) is 82.8 cm³/mol. The number of nitrogens with one attached hydrogen (secondary N) is 1. The first-order valence-corrected chi connectivity index (χ1v) is 8.73. The smallest absolute Gasteiger partial charge is 0.0613 e. The molecular weight excluding hydrogens is 248 g/mol. The highest BCUT2D eigenvalue weighted by Crippen LogP contribution is 2.46. The molecule has 1 aliphatic heterocycles. The molecule has 20 heavy (non-hydrogen) atoms. The Labute approximate surface area is 124 Å². The molecule has 0 unspecified atom stereocenters. The van der Waals surface area contributed by atoms with E-state index in [1.807, 2.05) is 0 Å². The van der Waals surface area contributed by atoms with E-state index in [9.17, 15) is 5.11 Å². The van der Waals surface area contributed by atoms with Crippen molar-refractivity contribution in [1.29, 1.82) is 0 Å². The quantitative estimate of drug-likeness (QED) is 0.812. The monoisotopic (exact) mass is 280 g/mol. The van der Waals surface area contributed by atoms with E-state index in [2.05, 4.69) is 17.3 Å². The van der Waals surface area contributed by atoms with Gasteiger partial charge in [0, 0.05) is 12.1 Å². The van der Waals surface area contributed by atoms with Crippen molar-refractivity contribution < 1.29 is 5.11 Å². The number of likely N-dealkylation sites (tertiary alicyclic amines) is 1. The van der Waals surface area contributed by atoms with Gasteiger partial charge in [-0.3, -0.25) is 0 Å². The zero-order chi connectivity index (χ0) is 14.1. The molecule has 0 amide bonds. The molecule has 1 heterocycles. The van der Waals surface area contributed by atoms with E-state index >= 15 is 0 Å². The van der Waals surface area contributed by atoms with Gasteiger partial charge in [-0.2, -0.15) is 0 Å². The normalized spacial score (nSPS) is 30.3. The van der Waals surface area contributed by atoms with Crippen molar-refractivity contribution in [2.45, 2.75) is 63.3 Å². The summed E-state index contributed by atoms with van der Waals surface area (Å²) in [7, 11) is 2.26. The van der Waals surface area contributed by atoms with Gasteiger partial charge in [0.25, 0.3) is 0 Å².